The normalized spacial score (nSPS) is 11.1. The second-order valence-corrected chi connectivity index (χ2v) is 9.67. The van der Waals surface area contributed by atoms with Gasteiger partial charge in [0, 0.05) is 12.8 Å². The van der Waals surface area contributed by atoms with Gasteiger partial charge in [0.25, 0.3) is 0 Å². The lowest BCUT2D eigenvalue weighted by molar-refractivity contribution is -0.108. The van der Waals surface area contributed by atoms with Crippen LogP contribution in [-0.4, -0.2) is 12.6 Å². The van der Waals surface area contributed by atoms with Crippen molar-refractivity contribution in [1.29, 1.82) is 0 Å². The molecule has 0 heterocycles. The van der Waals surface area contributed by atoms with Crippen molar-refractivity contribution in [2.24, 2.45) is 0 Å². The highest BCUT2D eigenvalue weighted by Gasteiger charge is 1.92. The molecular formula is C32H60O2. The second kappa shape index (κ2) is 36.4. The molecule has 0 amide bonds. The maximum Gasteiger partial charge on any atom is 0.120 e. The van der Waals surface area contributed by atoms with Crippen molar-refractivity contribution in [2.75, 3.05) is 0 Å². The average molecular weight is 477 g/mol. The first-order valence-corrected chi connectivity index (χ1v) is 15.0. The minimum atomic E-state index is 0.710. The number of allylic oxidation sites excluding steroid dienone is 4. The van der Waals surface area contributed by atoms with Gasteiger partial charge >= 0.3 is 0 Å². The van der Waals surface area contributed by atoms with E-state index in [4.69, 9.17) is 0 Å². The molecule has 0 aliphatic rings. The van der Waals surface area contributed by atoms with Gasteiger partial charge in [0.05, 0.1) is 0 Å². The third-order valence-corrected chi connectivity index (χ3v) is 6.17. The van der Waals surface area contributed by atoms with E-state index < -0.39 is 0 Å². The molecule has 0 atom stereocenters. The Kier molecular flexibility index (Phi) is 37.4. The molecule has 0 saturated carbocycles. The van der Waals surface area contributed by atoms with E-state index in [1.54, 1.807) is 0 Å². The first-order valence-electron chi connectivity index (χ1n) is 15.0. The van der Waals surface area contributed by atoms with Crippen molar-refractivity contribution < 1.29 is 9.59 Å². The van der Waals surface area contributed by atoms with Crippen molar-refractivity contribution >= 4 is 12.6 Å². The highest BCUT2D eigenvalue weighted by atomic mass is 16.1. The van der Waals surface area contributed by atoms with Crippen LogP contribution in [0.2, 0.25) is 0 Å². The first kappa shape index (κ1) is 35.0. The Bertz CT molecular complexity index is 425. The molecule has 0 aromatic carbocycles. The van der Waals surface area contributed by atoms with Gasteiger partial charge in [-0.3, -0.25) is 0 Å². The minimum absolute atomic E-state index is 0.710. The van der Waals surface area contributed by atoms with Gasteiger partial charge in [0.1, 0.15) is 12.6 Å². The minimum Gasteiger partial charge on any atom is -0.303 e. The summed E-state index contributed by atoms with van der Waals surface area (Å²) in [7, 11) is 0. The zero-order chi connectivity index (χ0) is 25.2. The smallest absolute Gasteiger partial charge is 0.120 e. The Labute approximate surface area is 214 Å². The van der Waals surface area contributed by atoms with E-state index in [-0.39, 0.29) is 0 Å². The first-order chi connectivity index (χ1) is 16.8. The van der Waals surface area contributed by atoms with Crippen LogP contribution in [0.5, 0.6) is 0 Å². The fraction of sp³-hybridized carbons (Fsp3) is 0.812. The molecule has 0 bridgehead atoms. The molecule has 0 aromatic rings. The quantitative estimate of drug-likeness (QED) is 0.0706. The number of rotatable bonds is 26. The largest absolute Gasteiger partial charge is 0.303 e. The molecular weight excluding hydrogens is 416 g/mol. The third-order valence-electron chi connectivity index (χ3n) is 6.17. The van der Waals surface area contributed by atoms with E-state index in [0.717, 1.165) is 38.3 Å². The molecule has 0 aliphatic heterocycles. The average Bonchev–Trinajstić information content (AvgIpc) is 2.85. The molecule has 200 valence electrons. The molecule has 34 heavy (non-hydrogen) atoms. The topological polar surface area (TPSA) is 34.1 Å². The molecule has 0 fully saturated rings. The molecule has 0 rings (SSSR count). The van der Waals surface area contributed by atoms with Crippen molar-refractivity contribution in [3.05, 3.63) is 24.3 Å². The lowest BCUT2D eigenvalue weighted by Gasteiger charge is -1.99. The van der Waals surface area contributed by atoms with E-state index in [0.29, 0.717) is 6.42 Å². The van der Waals surface area contributed by atoms with E-state index in [2.05, 4.69) is 38.2 Å². The summed E-state index contributed by atoms with van der Waals surface area (Å²) in [5.74, 6) is 0. The maximum atomic E-state index is 10.1. The summed E-state index contributed by atoms with van der Waals surface area (Å²) < 4.78 is 0. The maximum absolute atomic E-state index is 10.1. The van der Waals surface area contributed by atoms with Gasteiger partial charge in [-0.15, -0.1) is 0 Å². The molecule has 0 unspecified atom stereocenters. The van der Waals surface area contributed by atoms with Crippen LogP contribution in [0.1, 0.15) is 168 Å². The van der Waals surface area contributed by atoms with Crippen LogP contribution in [0.25, 0.3) is 0 Å². The Morgan fingerprint density at radius 1 is 0.324 bits per heavy atom. The fourth-order valence-corrected chi connectivity index (χ4v) is 3.88. The summed E-state index contributed by atoms with van der Waals surface area (Å²) in [4.78, 5) is 20.2. The summed E-state index contributed by atoms with van der Waals surface area (Å²) in [6, 6.07) is 0. The summed E-state index contributed by atoms with van der Waals surface area (Å²) in [5, 5.41) is 0. The van der Waals surface area contributed by atoms with Crippen molar-refractivity contribution in [1.82, 2.24) is 0 Å². The lowest BCUT2D eigenvalue weighted by Crippen LogP contribution is -1.81. The Morgan fingerprint density at radius 3 is 1.03 bits per heavy atom. The van der Waals surface area contributed by atoms with Crippen molar-refractivity contribution in [2.45, 2.75) is 168 Å². The predicted molar refractivity (Wildman–Crippen MR) is 153 cm³/mol. The number of carbonyl (C=O) groups excluding carboxylic acids is 2. The van der Waals surface area contributed by atoms with Crippen LogP contribution in [0, 0.1) is 0 Å². The summed E-state index contributed by atoms with van der Waals surface area (Å²) >= 11 is 0. The van der Waals surface area contributed by atoms with Crippen LogP contribution in [-0.2, 0) is 9.59 Å². The molecule has 0 saturated heterocycles. The number of aldehydes is 2. The Hall–Kier alpha value is -1.18. The monoisotopic (exact) mass is 476 g/mol. The molecule has 0 aliphatic carbocycles. The molecule has 2 heteroatoms. The summed E-state index contributed by atoms with van der Waals surface area (Å²) in [6.07, 6.45) is 41.3. The standard InChI is InChI=1S/2C16H30O/c2*1-2-3-4-5-6-7-8-9-10-11-12-13-14-15-16-17/h11-12,16H,2-10,13-15H2,1H3;5-6,16H,2-4,7-15H2,1H3/b12-11-;6-5-. The van der Waals surface area contributed by atoms with Crippen molar-refractivity contribution in [3.63, 3.8) is 0 Å². The molecule has 0 aromatic heterocycles. The summed E-state index contributed by atoms with van der Waals surface area (Å²) in [5.41, 5.74) is 0. The van der Waals surface area contributed by atoms with E-state index >= 15 is 0 Å². The Balaban J connectivity index is 0. The van der Waals surface area contributed by atoms with E-state index in [9.17, 15) is 9.59 Å². The highest BCUT2D eigenvalue weighted by molar-refractivity contribution is 5.49. The van der Waals surface area contributed by atoms with Crippen molar-refractivity contribution in [3.8, 4) is 0 Å². The van der Waals surface area contributed by atoms with Gasteiger partial charge in [-0.25, -0.2) is 0 Å². The van der Waals surface area contributed by atoms with E-state index in [1.165, 1.54) is 122 Å². The van der Waals surface area contributed by atoms with Crippen LogP contribution in [0.4, 0.5) is 0 Å². The fourth-order valence-electron chi connectivity index (χ4n) is 3.88. The second-order valence-electron chi connectivity index (χ2n) is 9.67. The van der Waals surface area contributed by atoms with Crippen LogP contribution < -0.4 is 0 Å². The number of hydrogen-bond donors (Lipinski definition) is 0. The SMILES string of the molecule is CCCC/C=C\CCCCCCCCCC=O.CCCCCCCCCC/C=C\CCCC=O. The zero-order valence-corrected chi connectivity index (χ0v) is 23.3. The molecule has 0 spiro atoms. The zero-order valence-electron chi connectivity index (χ0n) is 23.3. The van der Waals surface area contributed by atoms with E-state index in [1.807, 2.05) is 0 Å². The van der Waals surface area contributed by atoms with Gasteiger partial charge in [-0.1, -0.05) is 128 Å². The number of hydrogen-bond acceptors (Lipinski definition) is 2. The number of unbranched alkanes of at least 4 members (excludes halogenated alkanes) is 20. The molecule has 0 N–H and O–H groups in total. The van der Waals surface area contributed by atoms with Gasteiger partial charge in [0.15, 0.2) is 0 Å². The van der Waals surface area contributed by atoms with Gasteiger partial charge in [-0.2, -0.15) is 0 Å². The highest BCUT2D eigenvalue weighted by Crippen LogP contribution is 2.11. The molecule has 2 nitrogen and oxygen atoms in total. The van der Waals surface area contributed by atoms with Crippen LogP contribution in [0.15, 0.2) is 24.3 Å². The third kappa shape index (κ3) is 38.1. The van der Waals surface area contributed by atoms with Gasteiger partial charge < -0.3 is 9.59 Å². The van der Waals surface area contributed by atoms with Gasteiger partial charge in [-0.05, 0) is 51.4 Å². The Morgan fingerprint density at radius 2 is 0.618 bits per heavy atom. The summed E-state index contributed by atoms with van der Waals surface area (Å²) in [6.45, 7) is 4.50. The lowest BCUT2D eigenvalue weighted by atomic mass is 10.1. The van der Waals surface area contributed by atoms with Crippen LogP contribution >= 0.6 is 0 Å². The number of carbonyl (C=O) groups is 2. The molecule has 0 radical (unpaired) electrons. The van der Waals surface area contributed by atoms with Gasteiger partial charge in [0.2, 0.25) is 0 Å². The van der Waals surface area contributed by atoms with Crippen LogP contribution in [0.3, 0.4) is 0 Å². The predicted octanol–water partition coefficient (Wildman–Crippen LogP) is 10.9.